The third kappa shape index (κ3) is 4.01. The van der Waals surface area contributed by atoms with Crippen LogP contribution in [0.2, 0.25) is 0 Å². The number of carboxylic acid groups (broad SMARTS) is 1. The number of aliphatic carboxylic acids is 1. The van der Waals surface area contributed by atoms with E-state index in [1.807, 2.05) is 54.6 Å². The van der Waals surface area contributed by atoms with Crippen molar-refractivity contribution >= 4 is 17.9 Å². The standard InChI is InChI=1S/C23H26N2O5/c1-15(17-7-5-4-6-8-17)24-22(29)25-19(20(26)27)23(2,21(25)28)14-13-16-9-11-18(30-3)12-10-16/h4-12,15,19H,13-14H2,1-3H3,(H,24,29)(H,26,27). The maximum absolute atomic E-state index is 12.9. The van der Waals surface area contributed by atoms with E-state index >= 15 is 0 Å². The number of likely N-dealkylation sites (tertiary alicyclic amines) is 1. The molecule has 7 nitrogen and oxygen atoms in total. The van der Waals surface area contributed by atoms with Crippen molar-refractivity contribution in [2.24, 2.45) is 5.41 Å². The molecular formula is C23H26N2O5. The van der Waals surface area contributed by atoms with Crippen LogP contribution in [-0.4, -0.2) is 41.1 Å². The predicted octanol–water partition coefficient (Wildman–Crippen LogP) is 3.40. The fourth-order valence-electron chi connectivity index (χ4n) is 3.84. The summed E-state index contributed by atoms with van der Waals surface area (Å²) < 4.78 is 5.13. The quantitative estimate of drug-likeness (QED) is 0.682. The predicted molar refractivity (Wildman–Crippen MR) is 111 cm³/mol. The summed E-state index contributed by atoms with van der Waals surface area (Å²) in [5.41, 5.74) is 0.696. The van der Waals surface area contributed by atoms with Gasteiger partial charge in [-0.05, 0) is 49.9 Å². The van der Waals surface area contributed by atoms with Gasteiger partial charge in [0.1, 0.15) is 5.75 Å². The van der Waals surface area contributed by atoms with Gasteiger partial charge in [0.25, 0.3) is 0 Å². The fourth-order valence-corrected chi connectivity index (χ4v) is 3.84. The number of aryl methyl sites for hydroxylation is 1. The van der Waals surface area contributed by atoms with Gasteiger partial charge < -0.3 is 15.2 Å². The van der Waals surface area contributed by atoms with Gasteiger partial charge in [0.05, 0.1) is 18.6 Å². The molecule has 3 unspecified atom stereocenters. The Balaban J connectivity index is 1.69. The molecule has 0 aromatic heterocycles. The van der Waals surface area contributed by atoms with Crippen LogP contribution in [0.4, 0.5) is 4.79 Å². The van der Waals surface area contributed by atoms with Crippen LogP contribution in [0.1, 0.15) is 37.4 Å². The van der Waals surface area contributed by atoms with E-state index in [9.17, 15) is 19.5 Å². The highest BCUT2D eigenvalue weighted by molar-refractivity contribution is 6.09. The molecule has 2 aromatic carbocycles. The SMILES string of the molecule is COc1ccc(CCC2(C)C(=O)N(C(=O)NC(C)c3ccccc3)C2C(=O)O)cc1. The average molecular weight is 410 g/mol. The first kappa shape index (κ1) is 21.4. The van der Waals surface area contributed by atoms with Crippen molar-refractivity contribution in [1.29, 1.82) is 0 Å². The van der Waals surface area contributed by atoms with E-state index in [1.165, 1.54) is 0 Å². The number of nitrogens with zero attached hydrogens (tertiary/aromatic N) is 1. The fraction of sp³-hybridized carbons (Fsp3) is 0.348. The molecule has 1 heterocycles. The summed E-state index contributed by atoms with van der Waals surface area (Å²) in [6, 6.07) is 14.4. The number of amides is 3. The maximum atomic E-state index is 12.9. The first-order valence-corrected chi connectivity index (χ1v) is 9.82. The minimum absolute atomic E-state index is 0.327. The molecular weight excluding hydrogens is 384 g/mol. The molecule has 2 N–H and O–H groups in total. The highest BCUT2D eigenvalue weighted by Gasteiger charge is 2.63. The van der Waals surface area contributed by atoms with Crippen molar-refractivity contribution in [2.75, 3.05) is 7.11 Å². The lowest BCUT2D eigenvalue weighted by molar-refractivity contribution is -0.177. The third-order valence-corrected chi connectivity index (χ3v) is 5.75. The van der Waals surface area contributed by atoms with E-state index in [0.29, 0.717) is 12.8 Å². The average Bonchev–Trinajstić information content (AvgIpc) is 2.75. The summed E-state index contributed by atoms with van der Waals surface area (Å²) in [5, 5.41) is 12.5. The van der Waals surface area contributed by atoms with Crippen LogP contribution in [0.15, 0.2) is 54.6 Å². The Morgan fingerprint density at radius 3 is 2.37 bits per heavy atom. The molecule has 3 atom stereocenters. The van der Waals surface area contributed by atoms with E-state index in [-0.39, 0.29) is 6.04 Å². The van der Waals surface area contributed by atoms with Gasteiger partial charge in [0.15, 0.2) is 6.04 Å². The lowest BCUT2D eigenvalue weighted by Gasteiger charge is -2.50. The van der Waals surface area contributed by atoms with Crippen molar-refractivity contribution in [3.05, 3.63) is 65.7 Å². The Morgan fingerprint density at radius 2 is 1.80 bits per heavy atom. The summed E-state index contributed by atoms with van der Waals surface area (Å²) in [7, 11) is 1.58. The van der Waals surface area contributed by atoms with Crippen LogP contribution >= 0.6 is 0 Å². The number of hydrogen-bond acceptors (Lipinski definition) is 4. The Kier molecular flexibility index (Phi) is 6.10. The Bertz CT molecular complexity index is 928. The number of methoxy groups -OCH3 is 1. The normalized spacial score (nSPS) is 21.5. The van der Waals surface area contributed by atoms with Gasteiger partial charge >= 0.3 is 12.0 Å². The molecule has 0 spiro atoms. The molecule has 1 aliphatic heterocycles. The van der Waals surface area contributed by atoms with E-state index in [1.54, 1.807) is 21.0 Å². The second-order valence-electron chi connectivity index (χ2n) is 7.76. The zero-order valence-electron chi connectivity index (χ0n) is 17.3. The Hall–Kier alpha value is -3.35. The van der Waals surface area contributed by atoms with Crippen LogP contribution in [0.3, 0.4) is 0 Å². The number of carbonyl (C=O) groups is 3. The number of benzene rings is 2. The van der Waals surface area contributed by atoms with Gasteiger partial charge in [-0.25, -0.2) is 14.5 Å². The van der Waals surface area contributed by atoms with E-state index in [2.05, 4.69) is 5.32 Å². The zero-order valence-corrected chi connectivity index (χ0v) is 17.3. The van der Waals surface area contributed by atoms with Gasteiger partial charge in [-0.1, -0.05) is 42.5 Å². The van der Waals surface area contributed by atoms with Gasteiger partial charge in [0.2, 0.25) is 5.91 Å². The molecule has 0 bridgehead atoms. The Labute approximate surface area is 175 Å². The molecule has 3 rings (SSSR count). The third-order valence-electron chi connectivity index (χ3n) is 5.75. The van der Waals surface area contributed by atoms with Crippen LogP contribution in [0.5, 0.6) is 5.75 Å². The first-order chi connectivity index (χ1) is 14.3. The lowest BCUT2D eigenvalue weighted by Crippen LogP contribution is -2.73. The first-order valence-electron chi connectivity index (χ1n) is 9.82. The molecule has 158 valence electrons. The van der Waals surface area contributed by atoms with Crippen LogP contribution in [-0.2, 0) is 16.0 Å². The summed E-state index contributed by atoms with van der Waals surface area (Å²) in [6.45, 7) is 3.40. The number of ether oxygens (including phenoxy) is 1. The van der Waals surface area contributed by atoms with Crippen LogP contribution in [0, 0.1) is 5.41 Å². The second kappa shape index (κ2) is 8.57. The molecule has 30 heavy (non-hydrogen) atoms. The van der Waals surface area contributed by atoms with Gasteiger partial charge in [-0.3, -0.25) is 4.79 Å². The maximum Gasteiger partial charge on any atom is 0.328 e. The van der Waals surface area contributed by atoms with Crippen molar-refractivity contribution in [3.8, 4) is 5.75 Å². The molecule has 0 saturated carbocycles. The monoisotopic (exact) mass is 410 g/mol. The topological polar surface area (TPSA) is 95.9 Å². The van der Waals surface area contributed by atoms with Gasteiger partial charge in [-0.15, -0.1) is 0 Å². The van der Waals surface area contributed by atoms with Crippen molar-refractivity contribution in [3.63, 3.8) is 0 Å². The number of urea groups is 1. The number of carbonyl (C=O) groups excluding carboxylic acids is 2. The Morgan fingerprint density at radius 1 is 1.17 bits per heavy atom. The smallest absolute Gasteiger partial charge is 0.328 e. The van der Waals surface area contributed by atoms with Crippen molar-refractivity contribution in [1.82, 2.24) is 10.2 Å². The van der Waals surface area contributed by atoms with Gasteiger partial charge in [-0.2, -0.15) is 0 Å². The minimum Gasteiger partial charge on any atom is -0.497 e. The molecule has 2 aromatic rings. The summed E-state index contributed by atoms with van der Waals surface area (Å²) in [5.74, 6) is -0.931. The number of nitrogens with one attached hydrogen (secondary N) is 1. The molecule has 1 aliphatic rings. The second-order valence-corrected chi connectivity index (χ2v) is 7.76. The van der Waals surface area contributed by atoms with E-state index in [4.69, 9.17) is 4.74 Å². The van der Waals surface area contributed by atoms with Crippen molar-refractivity contribution < 1.29 is 24.2 Å². The lowest BCUT2D eigenvalue weighted by atomic mass is 9.68. The molecule has 1 saturated heterocycles. The number of hydrogen-bond donors (Lipinski definition) is 2. The zero-order chi connectivity index (χ0) is 21.9. The molecule has 3 amide bonds. The minimum atomic E-state index is -1.20. The number of carboxylic acids is 1. The number of β-lactam (4-membered cyclic amide) rings is 1. The van der Waals surface area contributed by atoms with Gasteiger partial charge in [0, 0.05) is 0 Å². The highest BCUT2D eigenvalue weighted by atomic mass is 16.5. The summed E-state index contributed by atoms with van der Waals surface area (Å²) in [6.07, 6.45) is 0.846. The van der Waals surface area contributed by atoms with Crippen molar-refractivity contribution in [2.45, 2.75) is 38.8 Å². The highest BCUT2D eigenvalue weighted by Crippen LogP contribution is 2.43. The molecule has 0 aliphatic carbocycles. The summed E-state index contributed by atoms with van der Waals surface area (Å²) in [4.78, 5) is 38.3. The molecule has 0 radical (unpaired) electrons. The number of rotatable bonds is 7. The largest absolute Gasteiger partial charge is 0.497 e. The summed E-state index contributed by atoms with van der Waals surface area (Å²) >= 11 is 0. The van der Waals surface area contributed by atoms with E-state index < -0.39 is 29.4 Å². The van der Waals surface area contributed by atoms with Crippen LogP contribution in [0.25, 0.3) is 0 Å². The number of imide groups is 1. The molecule has 7 heteroatoms. The van der Waals surface area contributed by atoms with Crippen LogP contribution < -0.4 is 10.1 Å². The molecule has 1 fully saturated rings. The van der Waals surface area contributed by atoms with E-state index in [0.717, 1.165) is 21.8 Å².